The van der Waals surface area contributed by atoms with Crippen molar-refractivity contribution in [2.45, 2.75) is 19.1 Å². The van der Waals surface area contributed by atoms with Crippen molar-refractivity contribution in [1.82, 2.24) is 9.78 Å². The number of aromatic hydroxyl groups is 1. The number of alkyl halides is 3. The molecule has 0 spiro atoms. The maximum atomic E-state index is 13.2. The topological polar surface area (TPSA) is 120 Å². The van der Waals surface area contributed by atoms with E-state index < -0.39 is 34.0 Å². The number of nitro benzene ring substituents is 1. The molecule has 3 rings (SSSR count). The highest BCUT2D eigenvalue weighted by Gasteiger charge is 2.33. The van der Waals surface area contributed by atoms with Crippen LogP contribution in [-0.4, -0.2) is 26.9 Å². The molecule has 0 fully saturated rings. The molecular formula is C19H17F3N4O5. The smallest absolute Gasteiger partial charge is 0.416 e. The number of halogens is 3. The van der Waals surface area contributed by atoms with Crippen LogP contribution in [-0.2, 0) is 13.2 Å². The van der Waals surface area contributed by atoms with Crippen molar-refractivity contribution in [3.63, 3.8) is 0 Å². The number of ether oxygens (including phenoxy) is 1. The molecule has 0 radical (unpaired) electrons. The van der Waals surface area contributed by atoms with Gasteiger partial charge in [0, 0.05) is 24.6 Å². The Morgan fingerprint density at radius 3 is 2.48 bits per heavy atom. The highest BCUT2D eigenvalue weighted by atomic mass is 19.4. The van der Waals surface area contributed by atoms with Gasteiger partial charge in [-0.3, -0.25) is 14.9 Å². The Morgan fingerprint density at radius 1 is 1.23 bits per heavy atom. The van der Waals surface area contributed by atoms with Crippen LogP contribution in [0.15, 0.2) is 35.1 Å². The lowest BCUT2D eigenvalue weighted by Crippen LogP contribution is -2.22. The summed E-state index contributed by atoms with van der Waals surface area (Å²) in [6, 6.07) is 3.98. The maximum Gasteiger partial charge on any atom is 0.416 e. The molecule has 12 heteroatoms. The third-order valence-electron chi connectivity index (χ3n) is 4.68. The van der Waals surface area contributed by atoms with E-state index in [0.717, 1.165) is 16.8 Å². The number of aryl methyl sites for hydroxylation is 1. The predicted molar refractivity (Wildman–Crippen MR) is 105 cm³/mol. The minimum absolute atomic E-state index is 0.0111. The van der Waals surface area contributed by atoms with Crippen molar-refractivity contribution in [2.75, 3.05) is 12.4 Å². The van der Waals surface area contributed by atoms with Crippen LogP contribution in [0.1, 0.15) is 24.1 Å². The summed E-state index contributed by atoms with van der Waals surface area (Å²) in [5, 5.41) is 28.5. The van der Waals surface area contributed by atoms with E-state index in [1.807, 2.05) is 0 Å². The quantitative estimate of drug-likeness (QED) is 0.460. The Bertz CT molecular complexity index is 1240. The number of benzene rings is 2. The lowest BCUT2D eigenvalue weighted by molar-refractivity contribution is -0.385. The van der Waals surface area contributed by atoms with Gasteiger partial charge >= 0.3 is 6.18 Å². The lowest BCUT2D eigenvalue weighted by atomic mass is 10.0. The second-order valence-electron chi connectivity index (χ2n) is 6.78. The van der Waals surface area contributed by atoms with Crippen molar-refractivity contribution in [3.05, 3.63) is 61.9 Å². The summed E-state index contributed by atoms with van der Waals surface area (Å²) in [7, 11) is 2.69. The van der Waals surface area contributed by atoms with E-state index in [-0.39, 0.29) is 33.7 Å². The second-order valence-corrected chi connectivity index (χ2v) is 6.78. The largest absolute Gasteiger partial charge is 0.504 e. The van der Waals surface area contributed by atoms with E-state index in [1.54, 1.807) is 0 Å². The number of methoxy groups -OCH3 is 1. The number of phenols is 1. The van der Waals surface area contributed by atoms with Gasteiger partial charge in [-0.1, -0.05) is 0 Å². The van der Waals surface area contributed by atoms with Crippen molar-refractivity contribution >= 4 is 22.3 Å². The molecule has 9 nitrogen and oxygen atoms in total. The molecule has 0 aliphatic rings. The Kier molecular flexibility index (Phi) is 5.49. The number of anilines is 1. The molecule has 0 aliphatic carbocycles. The summed E-state index contributed by atoms with van der Waals surface area (Å²) in [5.41, 5.74) is -2.37. The molecule has 0 saturated heterocycles. The van der Waals surface area contributed by atoms with Crippen LogP contribution in [0.25, 0.3) is 10.8 Å². The highest BCUT2D eigenvalue weighted by Crippen LogP contribution is 2.36. The molecule has 0 bridgehead atoms. The summed E-state index contributed by atoms with van der Waals surface area (Å²) < 4.78 is 45.6. The summed E-state index contributed by atoms with van der Waals surface area (Å²) in [5.74, 6) is -0.124. The van der Waals surface area contributed by atoms with E-state index in [4.69, 9.17) is 4.74 Å². The van der Waals surface area contributed by atoms with Crippen LogP contribution in [0.3, 0.4) is 0 Å². The van der Waals surface area contributed by atoms with Gasteiger partial charge in [-0.25, -0.2) is 4.68 Å². The van der Waals surface area contributed by atoms with E-state index in [1.165, 1.54) is 33.2 Å². The number of aromatic nitrogens is 2. The first-order chi connectivity index (χ1) is 14.4. The SMILES string of the molecule is COc1cc2c(=O)n(C)nc(N[C@H](C)c3cc([N+](=O)[O-])cc(C(F)(F)F)c3)c2cc1O. The standard InChI is InChI=1S/C19H17F3N4O5/c1-9(10-4-11(19(20,21)22)6-12(5-10)26(29)30)23-17-13-7-15(27)16(31-3)8-14(13)18(28)25(2)24-17/h4-9,27H,1-3H3,(H,23,24)/t9-/m1/s1. The Balaban J connectivity index is 2.12. The van der Waals surface area contributed by atoms with Crippen molar-refractivity contribution in [2.24, 2.45) is 7.05 Å². The highest BCUT2D eigenvalue weighted by molar-refractivity contribution is 5.93. The second kappa shape index (κ2) is 7.78. The van der Waals surface area contributed by atoms with Crippen LogP contribution < -0.4 is 15.6 Å². The fraction of sp³-hybridized carbons (Fsp3) is 0.263. The number of non-ortho nitro benzene ring substituents is 1. The third-order valence-corrected chi connectivity index (χ3v) is 4.68. The summed E-state index contributed by atoms with van der Waals surface area (Å²) in [6.45, 7) is 1.49. The molecule has 1 aromatic heterocycles. The van der Waals surface area contributed by atoms with Crippen molar-refractivity contribution in [3.8, 4) is 11.5 Å². The van der Waals surface area contributed by atoms with E-state index in [9.17, 15) is 33.2 Å². The van der Waals surface area contributed by atoms with Gasteiger partial charge < -0.3 is 15.2 Å². The predicted octanol–water partition coefficient (Wildman–Crippen LogP) is 3.75. The molecule has 1 heterocycles. The first kappa shape index (κ1) is 21.9. The molecule has 1 atom stereocenters. The van der Waals surface area contributed by atoms with Crippen LogP contribution in [0, 0.1) is 10.1 Å². The summed E-state index contributed by atoms with van der Waals surface area (Å²) in [4.78, 5) is 22.6. The van der Waals surface area contributed by atoms with Crippen LogP contribution >= 0.6 is 0 Å². The molecule has 2 aromatic carbocycles. The molecule has 2 N–H and O–H groups in total. The summed E-state index contributed by atoms with van der Waals surface area (Å²) in [6.07, 6.45) is -4.77. The van der Waals surface area contributed by atoms with Gasteiger partial charge in [0.05, 0.1) is 29.0 Å². The van der Waals surface area contributed by atoms with Crippen molar-refractivity contribution < 1.29 is 27.9 Å². The number of nitrogens with zero attached hydrogens (tertiary/aromatic N) is 3. The van der Waals surface area contributed by atoms with Gasteiger partial charge in [-0.05, 0) is 30.7 Å². The summed E-state index contributed by atoms with van der Waals surface area (Å²) >= 11 is 0. The van der Waals surface area contributed by atoms with Crippen LogP contribution in [0.2, 0.25) is 0 Å². The average molecular weight is 438 g/mol. The number of hydrogen-bond donors (Lipinski definition) is 2. The third kappa shape index (κ3) is 4.22. The normalized spacial score (nSPS) is 12.6. The van der Waals surface area contributed by atoms with E-state index in [2.05, 4.69) is 10.4 Å². The zero-order valence-corrected chi connectivity index (χ0v) is 16.5. The van der Waals surface area contributed by atoms with Gasteiger partial charge in [-0.2, -0.15) is 18.3 Å². The zero-order chi connectivity index (χ0) is 23.1. The molecule has 164 valence electrons. The molecular weight excluding hydrogens is 421 g/mol. The fourth-order valence-electron chi connectivity index (χ4n) is 3.08. The first-order valence-corrected chi connectivity index (χ1v) is 8.83. The number of nitro groups is 1. The Morgan fingerprint density at radius 2 is 1.90 bits per heavy atom. The van der Waals surface area contributed by atoms with Gasteiger partial charge in [0.1, 0.15) is 0 Å². The molecule has 0 saturated carbocycles. The van der Waals surface area contributed by atoms with Gasteiger partial charge in [0.25, 0.3) is 11.2 Å². The van der Waals surface area contributed by atoms with Gasteiger partial charge in [0.15, 0.2) is 17.3 Å². The molecule has 0 unspecified atom stereocenters. The molecule has 0 amide bonds. The Labute approximate surface area is 172 Å². The van der Waals surface area contributed by atoms with E-state index in [0.29, 0.717) is 6.07 Å². The average Bonchev–Trinajstić information content (AvgIpc) is 2.70. The number of rotatable bonds is 5. The fourth-order valence-corrected chi connectivity index (χ4v) is 3.08. The molecule has 3 aromatic rings. The van der Waals surface area contributed by atoms with Gasteiger partial charge in [-0.15, -0.1) is 0 Å². The van der Waals surface area contributed by atoms with E-state index >= 15 is 0 Å². The number of phenolic OH excluding ortho intramolecular Hbond substituents is 1. The molecule has 31 heavy (non-hydrogen) atoms. The van der Waals surface area contributed by atoms with Crippen LogP contribution in [0.4, 0.5) is 24.7 Å². The number of fused-ring (bicyclic) bond motifs is 1. The number of hydrogen-bond acceptors (Lipinski definition) is 7. The molecule has 0 aliphatic heterocycles. The number of nitrogens with one attached hydrogen (secondary N) is 1. The zero-order valence-electron chi connectivity index (χ0n) is 16.5. The monoisotopic (exact) mass is 438 g/mol. The van der Waals surface area contributed by atoms with Crippen molar-refractivity contribution in [1.29, 1.82) is 0 Å². The maximum absolute atomic E-state index is 13.2. The minimum Gasteiger partial charge on any atom is -0.504 e. The Hall–Kier alpha value is -3.83. The van der Waals surface area contributed by atoms with Gasteiger partial charge in [0.2, 0.25) is 0 Å². The lowest BCUT2D eigenvalue weighted by Gasteiger charge is -2.19. The first-order valence-electron chi connectivity index (χ1n) is 8.83. The minimum atomic E-state index is -4.77. The van der Waals surface area contributed by atoms with Crippen LogP contribution in [0.5, 0.6) is 11.5 Å².